The van der Waals surface area contributed by atoms with E-state index in [4.69, 9.17) is 9.47 Å². The standard InChI is InChI=1S/C10H16O3/c1-4-7(2)8(3)10(11)13-9-5-12-6-9/h9H,4-6H2,1-3H3. The molecule has 0 unspecified atom stereocenters. The molecule has 0 aromatic carbocycles. The Morgan fingerprint density at radius 3 is 2.46 bits per heavy atom. The van der Waals surface area contributed by atoms with Crippen molar-refractivity contribution in [1.82, 2.24) is 0 Å². The van der Waals surface area contributed by atoms with Crippen LogP contribution in [0.4, 0.5) is 0 Å². The summed E-state index contributed by atoms with van der Waals surface area (Å²) in [6, 6.07) is 0. The van der Waals surface area contributed by atoms with E-state index < -0.39 is 0 Å². The molecule has 0 atom stereocenters. The second kappa shape index (κ2) is 4.42. The summed E-state index contributed by atoms with van der Waals surface area (Å²) in [5.41, 5.74) is 1.82. The van der Waals surface area contributed by atoms with Crippen molar-refractivity contribution in [2.24, 2.45) is 0 Å². The molecule has 1 heterocycles. The van der Waals surface area contributed by atoms with Crippen molar-refractivity contribution in [3.05, 3.63) is 11.1 Å². The molecule has 3 heteroatoms. The van der Waals surface area contributed by atoms with Gasteiger partial charge in [-0.15, -0.1) is 0 Å². The molecule has 0 amide bonds. The predicted octanol–water partition coefficient (Wildman–Crippen LogP) is 1.67. The van der Waals surface area contributed by atoms with Gasteiger partial charge < -0.3 is 9.47 Å². The lowest BCUT2D eigenvalue weighted by molar-refractivity contribution is -0.167. The van der Waals surface area contributed by atoms with E-state index in [0.717, 1.165) is 17.6 Å². The molecule has 74 valence electrons. The van der Waals surface area contributed by atoms with Crippen molar-refractivity contribution in [1.29, 1.82) is 0 Å². The van der Waals surface area contributed by atoms with E-state index in [1.165, 1.54) is 0 Å². The Hall–Kier alpha value is -0.830. The molecule has 13 heavy (non-hydrogen) atoms. The van der Waals surface area contributed by atoms with Crippen LogP contribution in [0.3, 0.4) is 0 Å². The van der Waals surface area contributed by atoms with Crippen LogP contribution in [0.1, 0.15) is 27.2 Å². The van der Waals surface area contributed by atoms with Crippen LogP contribution in [0.5, 0.6) is 0 Å². The fourth-order valence-corrected chi connectivity index (χ4v) is 0.961. The van der Waals surface area contributed by atoms with Gasteiger partial charge in [0.1, 0.15) is 6.10 Å². The van der Waals surface area contributed by atoms with Gasteiger partial charge >= 0.3 is 5.97 Å². The molecule has 0 saturated carbocycles. The number of esters is 1. The fraction of sp³-hybridized carbons (Fsp3) is 0.700. The summed E-state index contributed by atoms with van der Waals surface area (Å²) in [6.07, 6.45) is 0.870. The van der Waals surface area contributed by atoms with Crippen molar-refractivity contribution in [3.63, 3.8) is 0 Å². The lowest BCUT2D eigenvalue weighted by Crippen LogP contribution is -2.38. The van der Waals surface area contributed by atoms with E-state index in [0.29, 0.717) is 13.2 Å². The van der Waals surface area contributed by atoms with E-state index >= 15 is 0 Å². The summed E-state index contributed by atoms with van der Waals surface area (Å²) in [6.45, 7) is 6.88. The minimum Gasteiger partial charge on any atom is -0.454 e. The van der Waals surface area contributed by atoms with Crippen LogP contribution in [-0.2, 0) is 14.3 Å². The molecule has 0 radical (unpaired) electrons. The molecule has 0 spiro atoms. The summed E-state index contributed by atoms with van der Waals surface area (Å²) in [4.78, 5) is 11.4. The average Bonchev–Trinajstić information content (AvgIpc) is 2.08. The Kier molecular flexibility index (Phi) is 3.48. The van der Waals surface area contributed by atoms with Gasteiger partial charge in [-0.3, -0.25) is 0 Å². The zero-order valence-electron chi connectivity index (χ0n) is 8.42. The van der Waals surface area contributed by atoms with Gasteiger partial charge in [0.15, 0.2) is 0 Å². The Morgan fingerprint density at radius 2 is 2.08 bits per heavy atom. The molecule has 3 nitrogen and oxygen atoms in total. The van der Waals surface area contributed by atoms with Crippen molar-refractivity contribution < 1.29 is 14.3 Å². The average molecular weight is 184 g/mol. The van der Waals surface area contributed by atoms with Crippen LogP contribution in [0.2, 0.25) is 0 Å². The number of carbonyl (C=O) groups is 1. The third kappa shape index (κ3) is 2.56. The van der Waals surface area contributed by atoms with Gasteiger partial charge in [-0.25, -0.2) is 4.79 Å². The highest BCUT2D eigenvalue weighted by Crippen LogP contribution is 2.12. The number of rotatable bonds is 3. The van der Waals surface area contributed by atoms with Crippen LogP contribution < -0.4 is 0 Å². The smallest absolute Gasteiger partial charge is 0.334 e. The van der Waals surface area contributed by atoms with Crippen molar-refractivity contribution in [2.45, 2.75) is 33.3 Å². The van der Waals surface area contributed by atoms with Crippen LogP contribution in [0.25, 0.3) is 0 Å². The zero-order chi connectivity index (χ0) is 9.84. The lowest BCUT2D eigenvalue weighted by Gasteiger charge is -2.25. The molecule has 0 N–H and O–H groups in total. The second-order valence-electron chi connectivity index (χ2n) is 3.32. The molecular weight excluding hydrogens is 168 g/mol. The highest BCUT2D eigenvalue weighted by molar-refractivity contribution is 5.88. The molecule has 1 aliphatic heterocycles. The van der Waals surface area contributed by atoms with E-state index in [1.807, 2.05) is 13.8 Å². The molecule has 0 aliphatic carbocycles. The Bertz CT molecular complexity index is 226. The number of ether oxygens (including phenoxy) is 2. The van der Waals surface area contributed by atoms with Gasteiger partial charge in [0.2, 0.25) is 0 Å². The van der Waals surface area contributed by atoms with Crippen LogP contribution >= 0.6 is 0 Å². The van der Waals surface area contributed by atoms with Crippen molar-refractivity contribution >= 4 is 5.97 Å². The summed E-state index contributed by atoms with van der Waals surface area (Å²) < 4.78 is 10.1. The minimum atomic E-state index is -0.201. The normalized spacial score (nSPS) is 19.0. The maximum absolute atomic E-state index is 11.4. The summed E-state index contributed by atoms with van der Waals surface area (Å²) >= 11 is 0. The topological polar surface area (TPSA) is 35.5 Å². The zero-order valence-corrected chi connectivity index (χ0v) is 8.42. The highest BCUT2D eigenvalue weighted by atomic mass is 16.6. The third-order valence-electron chi connectivity index (χ3n) is 2.36. The Balaban J connectivity index is 2.46. The van der Waals surface area contributed by atoms with E-state index in [9.17, 15) is 4.79 Å². The first kappa shape index (κ1) is 10.3. The van der Waals surface area contributed by atoms with Crippen LogP contribution in [0, 0.1) is 0 Å². The van der Waals surface area contributed by atoms with E-state index in [-0.39, 0.29) is 12.1 Å². The van der Waals surface area contributed by atoms with Crippen LogP contribution in [-0.4, -0.2) is 25.3 Å². The Morgan fingerprint density at radius 1 is 1.46 bits per heavy atom. The number of allylic oxidation sites excluding steroid dienone is 1. The van der Waals surface area contributed by atoms with Gasteiger partial charge in [0, 0.05) is 5.57 Å². The fourth-order valence-electron chi connectivity index (χ4n) is 0.961. The molecular formula is C10H16O3. The van der Waals surface area contributed by atoms with Gasteiger partial charge in [-0.2, -0.15) is 0 Å². The molecule has 1 fully saturated rings. The van der Waals surface area contributed by atoms with Gasteiger partial charge in [-0.1, -0.05) is 12.5 Å². The Labute approximate surface area is 78.7 Å². The molecule has 1 saturated heterocycles. The number of hydrogen-bond acceptors (Lipinski definition) is 3. The summed E-state index contributed by atoms with van der Waals surface area (Å²) in [5.74, 6) is -0.201. The SMILES string of the molecule is CCC(C)=C(C)C(=O)OC1COC1. The summed E-state index contributed by atoms with van der Waals surface area (Å²) in [5, 5.41) is 0. The quantitative estimate of drug-likeness (QED) is 0.494. The van der Waals surface area contributed by atoms with Gasteiger partial charge in [0.05, 0.1) is 13.2 Å². The molecule has 1 aliphatic rings. The van der Waals surface area contributed by atoms with Crippen LogP contribution in [0.15, 0.2) is 11.1 Å². The number of hydrogen-bond donors (Lipinski definition) is 0. The first-order valence-electron chi connectivity index (χ1n) is 4.60. The third-order valence-corrected chi connectivity index (χ3v) is 2.36. The van der Waals surface area contributed by atoms with Crippen molar-refractivity contribution in [2.75, 3.05) is 13.2 Å². The maximum Gasteiger partial charge on any atom is 0.334 e. The maximum atomic E-state index is 11.4. The predicted molar refractivity (Wildman–Crippen MR) is 49.4 cm³/mol. The summed E-state index contributed by atoms with van der Waals surface area (Å²) in [7, 11) is 0. The van der Waals surface area contributed by atoms with E-state index in [2.05, 4.69) is 0 Å². The van der Waals surface area contributed by atoms with Crippen molar-refractivity contribution in [3.8, 4) is 0 Å². The largest absolute Gasteiger partial charge is 0.454 e. The monoisotopic (exact) mass is 184 g/mol. The minimum absolute atomic E-state index is 0.0212. The molecule has 0 aromatic heterocycles. The first-order chi connectivity index (χ1) is 6.15. The molecule has 0 aromatic rings. The molecule has 1 rings (SSSR count). The highest BCUT2D eigenvalue weighted by Gasteiger charge is 2.23. The molecule has 0 bridgehead atoms. The second-order valence-corrected chi connectivity index (χ2v) is 3.32. The number of carbonyl (C=O) groups excluding carboxylic acids is 1. The van der Waals surface area contributed by atoms with Gasteiger partial charge in [-0.05, 0) is 20.3 Å². The van der Waals surface area contributed by atoms with Gasteiger partial charge in [0.25, 0.3) is 0 Å². The first-order valence-corrected chi connectivity index (χ1v) is 4.60. The van der Waals surface area contributed by atoms with E-state index in [1.54, 1.807) is 6.92 Å². The lowest BCUT2D eigenvalue weighted by atomic mass is 10.1.